The summed E-state index contributed by atoms with van der Waals surface area (Å²) in [5, 5.41) is 27.4. The normalized spacial score (nSPS) is 11.9. The molecular weight excluding hydrogens is 409 g/mol. The van der Waals surface area contributed by atoms with Crippen LogP contribution in [-0.2, 0) is 16.0 Å². The minimum Gasteiger partial charge on any atom is -0.394 e. The molecule has 172 valence electrons. The third-order valence-corrected chi connectivity index (χ3v) is 3.87. The second-order valence-electron chi connectivity index (χ2n) is 6.44. The molecule has 11 nitrogen and oxygen atoms in total. The molecule has 0 spiro atoms. The smallest absolute Gasteiger partial charge is 0.229 e. The van der Waals surface area contributed by atoms with Gasteiger partial charge in [-0.3, -0.25) is 0 Å². The first-order valence-electron chi connectivity index (χ1n) is 9.97. The number of nitrogens with two attached hydrogens (primary N) is 1. The number of anilines is 3. The summed E-state index contributed by atoms with van der Waals surface area (Å²) in [5.74, 6) is 0.514. The van der Waals surface area contributed by atoms with E-state index >= 15 is 0 Å². The zero-order valence-electron chi connectivity index (χ0n) is 17.3. The number of nitrogens with zero attached hydrogens (tertiary/aromatic N) is 3. The van der Waals surface area contributed by atoms with Gasteiger partial charge in [-0.2, -0.15) is 15.0 Å². The highest BCUT2D eigenvalue weighted by Crippen LogP contribution is 2.11. The Labute approximate surface area is 180 Å². The molecule has 7 N–H and O–H groups in total. The molecule has 0 aliphatic carbocycles. The number of aliphatic hydroxyl groups is 2. The number of aromatic nitrogens is 3. The standard InChI is InChI=1S/C19H30FN7O4/c20-15-3-1-14(2-4-15)11-23-18-25-17(22-6-8-31-10-9-30-7-5-21)26-19(27-18)24-12-16(29)13-28/h1-4,16,28-29H,5-13,21H2,(H3,22,23,24,25,26,27). The first-order valence-corrected chi connectivity index (χ1v) is 9.97. The number of hydrogen-bond donors (Lipinski definition) is 6. The Morgan fingerprint density at radius 3 is 2.16 bits per heavy atom. The lowest BCUT2D eigenvalue weighted by Gasteiger charge is -2.13. The molecule has 0 aliphatic rings. The van der Waals surface area contributed by atoms with E-state index < -0.39 is 6.10 Å². The van der Waals surface area contributed by atoms with Crippen LogP contribution in [0.25, 0.3) is 0 Å². The van der Waals surface area contributed by atoms with Crippen LogP contribution in [-0.4, -0.2) is 83.9 Å². The Kier molecular flexibility index (Phi) is 11.4. The summed E-state index contributed by atoms with van der Waals surface area (Å²) in [6.07, 6.45) is -0.946. The average molecular weight is 439 g/mol. The van der Waals surface area contributed by atoms with Crippen molar-refractivity contribution >= 4 is 17.8 Å². The number of nitrogens with one attached hydrogen (secondary N) is 3. The van der Waals surface area contributed by atoms with Crippen molar-refractivity contribution in [2.45, 2.75) is 12.6 Å². The number of ether oxygens (including phenoxy) is 2. The Morgan fingerprint density at radius 2 is 1.52 bits per heavy atom. The fourth-order valence-corrected chi connectivity index (χ4v) is 2.31. The number of aliphatic hydroxyl groups excluding tert-OH is 2. The van der Waals surface area contributed by atoms with E-state index in [1.165, 1.54) is 12.1 Å². The van der Waals surface area contributed by atoms with E-state index in [1.54, 1.807) is 12.1 Å². The van der Waals surface area contributed by atoms with Crippen molar-refractivity contribution < 1.29 is 24.1 Å². The highest BCUT2D eigenvalue weighted by atomic mass is 19.1. The minimum absolute atomic E-state index is 0.0727. The summed E-state index contributed by atoms with van der Waals surface area (Å²) in [6, 6.07) is 6.07. The fourth-order valence-electron chi connectivity index (χ4n) is 2.31. The first kappa shape index (κ1) is 24.6. The third-order valence-electron chi connectivity index (χ3n) is 3.87. The minimum atomic E-state index is -0.946. The SMILES string of the molecule is NCCOCCOCCNc1nc(NCc2ccc(F)cc2)nc(NCC(O)CO)n1. The molecular formula is C19H30FN7O4. The Hall–Kier alpha value is -2.64. The average Bonchev–Trinajstić information content (AvgIpc) is 2.78. The summed E-state index contributed by atoms with van der Waals surface area (Å²) in [7, 11) is 0. The van der Waals surface area contributed by atoms with Crippen molar-refractivity contribution in [1.82, 2.24) is 15.0 Å². The van der Waals surface area contributed by atoms with Crippen molar-refractivity contribution in [3.8, 4) is 0 Å². The van der Waals surface area contributed by atoms with Gasteiger partial charge < -0.3 is 41.4 Å². The van der Waals surface area contributed by atoms with Crippen LogP contribution in [0.4, 0.5) is 22.2 Å². The maximum absolute atomic E-state index is 13.1. The maximum Gasteiger partial charge on any atom is 0.229 e. The van der Waals surface area contributed by atoms with Crippen LogP contribution in [0.3, 0.4) is 0 Å². The predicted molar refractivity (Wildman–Crippen MR) is 114 cm³/mol. The molecule has 0 radical (unpaired) electrons. The van der Waals surface area contributed by atoms with Crippen molar-refractivity contribution in [1.29, 1.82) is 0 Å². The van der Waals surface area contributed by atoms with Gasteiger partial charge in [0.1, 0.15) is 5.82 Å². The van der Waals surface area contributed by atoms with Crippen LogP contribution in [0.2, 0.25) is 0 Å². The molecule has 0 fully saturated rings. The van der Waals surface area contributed by atoms with E-state index in [4.69, 9.17) is 20.3 Å². The highest BCUT2D eigenvalue weighted by molar-refractivity contribution is 5.42. The van der Waals surface area contributed by atoms with Gasteiger partial charge in [-0.1, -0.05) is 12.1 Å². The quantitative estimate of drug-likeness (QED) is 0.192. The predicted octanol–water partition coefficient (Wildman–Crippen LogP) is -0.208. The van der Waals surface area contributed by atoms with Crippen molar-refractivity contribution in [2.75, 3.05) is 68.6 Å². The zero-order chi connectivity index (χ0) is 22.3. The summed E-state index contributed by atoms with van der Waals surface area (Å²) < 4.78 is 23.7. The van der Waals surface area contributed by atoms with E-state index in [1.807, 2.05) is 0 Å². The molecule has 0 saturated heterocycles. The van der Waals surface area contributed by atoms with Crippen LogP contribution < -0.4 is 21.7 Å². The van der Waals surface area contributed by atoms with Crippen LogP contribution >= 0.6 is 0 Å². The molecule has 2 aromatic rings. The largest absolute Gasteiger partial charge is 0.394 e. The van der Waals surface area contributed by atoms with Gasteiger partial charge in [0.15, 0.2) is 0 Å². The molecule has 1 unspecified atom stereocenters. The van der Waals surface area contributed by atoms with E-state index in [2.05, 4.69) is 30.9 Å². The lowest BCUT2D eigenvalue weighted by atomic mass is 10.2. The van der Waals surface area contributed by atoms with E-state index in [-0.39, 0.29) is 24.9 Å². The van der Waals surface area contributed by atoms with E-state index in [9.17, 15) is 9.50 Å². The molecule has 2 rings (SSSR count). The van der Waals surface area contributed by atoms with Gasteiger partial charge in [0, 0.05) is 26.2 Å². The number of hydrogen-bond acceptors (Lipinski definition) is 11. The third kappa shape index (κ3) is 10.3. The van der Waals surface area contributed by atoms with Gasteiger partial charge >= 0.3 is 0 Å². The van der Waals surface area contributed by atoms with Crippen molar-refractivity contribution in [3.05, 3.63) is 35.6 Å². The summed E-state index contributed by atoms with van der Waals surface area (Å²) in [5.41, 5.74) is 6.19. The monoisotopic (exact) mass is 439 g/mol. The molecule has 0 bridgehead atoms. The molecule has 1 heterocycles. The van der Waals surface area contributed by atoms with Crippen LogP contribution in [0.1, 0.15) is 5.56 Å². The Bertz CT molecular complexity index is 755. The van der Waals surface area contributed by atoms with Gasteiger partial charge in [-0.25, -0.2) is 4.39 Å². The highest BCUT2D eigenvalue weighted by Gasteiger charge is 2.09. The maximum atomic E-state index is 13.1. The molecule has 12 heteroatoms. The molecule has 31 heavy (non-hydrogen) atoms. The van der Waals surface area contributed by atoms with Gasteiger partial charge in [0.05, 0.1) is 39.1 Å². The fraction of sp³-hybridized carbons (Fsp3) is 0.526. The first-order chi connectivity index (χ1) is 15.1. The van der Waals surface area contributed by atoms with Gasteiger partial charge in [0.2, 0.25) is 17.8 Å². The van der Waals surface area contributed by atoms with Gasteiger partial charge in [-0.05, 0) is 17.7 Å². The molecule has 0 aliphatic heterocycles. The molecule has 0 saturated carbocycles. The van der Waals surface area contributed by atoms with E-state index in [0.29, 0.717) is 58.0 Å². The van der Waals surface area contributed by atoms with Gasteiger partial charge in [-0.15, -0.1) is 0 Å². The number of benzene rings is 1. The Balaban J connectivity index is 1.90. The topological polar surface area (TPSA) is 160 Å². The summed E-state index contributed by atoms with van der Waals surface area (Å²) in [4.78, 5) is 12.8. The summed E-state index contributed by atoms with van der Waals surface area (Å²) in [6.45, 7) is 2.85. The molecule has 0 amide bonds. The Morgan fingerprint density at radius 1 is 0.903 bits per heavy atom. The molecule has 1 aromatic carbocycles. The lowest BCUT2D eigenvalue weighted by molar-refractivity contribution is 0.0547. The van der Waals surface area contributed by atoms with Crippen molar-refractivity contribution in [2.24, 2.45) is 5.73 Å². The van der Waals surface area contributed by atoms with Crippen LogP contribution in [0, 0.1) is 5.82 Å². The van der Waals surface area contributed by atoms with E-state index in [0.717, 1.165) is 5.56 Å². The lowest BCUT2D eigenvalue weighted by Crippen LogP contribution is -2.24. The van der Waals surface area contributed by atoms with Crippen LogP contribution in [0.15, 0.2) is 24.3 Å². The number of halogens is 1. The zero-order valence-corrected chi connectivity index (χ0v) is 17.3. The number of rotatable bonds is 16. The van der Waals surface area contributed by atoms with Crippen LogP contribution in [0.5, 0.6) is 0 Å². The molecule has 1 aromatic heterocycles. The second kappa shape index (κ2) is 14.4. The van der Waals surface area contributed by atoms with Crippen molar-refractivity contribution in [3.63, 3.8) is 0 Å². The second-order valence-corrected chi connectivity index (χ2v) is 6.44. The summed E-state index contributed by atoms with van der Waals surface area (Å²) >= 11 is 0. The molecule has 1 atom stereocenters. The van der Waals surface area contributed by atoms with Gasteiger partial charge in [0.25, 0.3) is 0 Å².